The van der Waals surface area contributed by atoms with Crippen LogP contribution in [0.1, 0.15) is 5.56 Å². The third-order valence-electron chi connectivity index (χ3n) is 3.06. The minimum absolute atomic E-state index is 0. The molecule has 3 aromatic rings. The first-order chi connectivity index (χ1) is 8.25. The van der Waals surface area contributed by atoms with Crippen LogP contribution in [0.2, 0.25) is 5.02 Å². The summed E-state index contributed by atoms with van der Waals surface area (Å²) in [6.07, 6.45) is 0. The summed E-state index contributed by atoms with van der Waals surface area (Å²) in [4.78, 5) is 0. The molecule has 3 aromatic carbocycles. The molecule has 4 heteroatoms. The number of benzene rings is 2. The van der Waals surface area contributed by atoms with Crippen LogP contribution in [0.5, 0.6) is 0 Å². The minimum Gasteiger partial charge on any atom is -1.00 e. The SMILES string of the molecule is Cc1cc2c(-c3ccccc3Cl)cccc2[cH-]1.[Cl-].[Cl-].[Zr+3]. The van der Waals surface area contributed by atoms with E-state index >= 15 is 0 Å². The van der Waals surface area contributed by atoms with Gasteiger partial charge >= 0.3 is 26.2 Å². The van der Waals surface area contributed by atoms with Crippen LogP contribution < -0.4 is 24.8 Å². The molecule has 0 unspecified atom stereocenters. The maximum Gasteiger partial charge on any atom is 3.00 e. The van der Waals surface area contributed by atoms with Crippen LogP contribution in [0.25, 0.3) is 21.9 Å². The van der Waals surface area contributed by atoms with E-state index in [9.17, 15) is 0 Å². The summed E-state index contributed by atoms with van der Waals surface area (Å²) in [6, 6.07) is 18.8. The second-order valence-corrected chi connectivity index (χ2v) is 4.73. The van der Waals surface area contributed by atoms with Crippen LogP contribution in [-0.2, 0) is 26.2 Å². The predicted molar refractivity (Wildman–Crippen MR) is 74.7 cm³/mol. The van der Waals surface area contributed by atoms with Gasteiger partial charge in [0.15, 0.2) is 0 Å². The Hall–Kier alpha value is -0.197. The Balaban J connectivity index is 0.00000120. The molecular formula is C16H12Cl3Zr. The molecule has 0 N–H and O–H groups in total. The van der Waals surface area contributed by atoms with Crippen LogP contribution in [0.3, 0.4) is 0 Å². The first-order valence-corrected chi connectivity index (χ1v) is 6.04. The Labute approximate surface area is 155 Å². The van der Waals surface area contributed by atoms with Gasteiger partial charge in [-0.25, -0.2) is 0 Å². The van der Waals surface area contributed by atoms with Gasteiger partial charge in [0, 0.05) is 5.02 Å². The third kappa shape index (κ3) is 3.71. The zero-order valence-electron chi connectivity index (χ0n) is 10.8. The van der Waals surface area contributed by atoms with Crippen molar-refractivity contribution in [2.24, 2.45) is 0 Å². The molecule has 3 rings (SSSR count). The van der Waals surface area contributed by atoms with Crippen molar-refractivity contribution in [1.29, 1.82) is 0 Å². The molecule has 0 spiro atoms. The number of hydrogen-bond donors (Lipinski definition) is 0. The molecule has 0 fully saturated rings. The fraction of sp³-hybridized carbons (Fsp3) is 0.0625. The molecule has 0 aliphatic heterocycles. The van der Waals surface area contributed by atoms with Crippen LogP contribution in [0.4, 0.5) is 0 Å². The second kappa shape index (κ2) is 8.30. The maximum absolute atomic E-state index is 6.27. The van der Waals surface area contributed by atoms with Crippen molar-refractivity contribution in [3.05, 3.63) is 65.2 Å². The summed E-state index contributed by atoms with van der Waals surface area (Å²) < 4.78 is 0. The Bertz CT molecular complexity index is 689. The van der Waals surface area contributed by atoms with Gasteiger partial charge in [0.05, 0.1) is 0 Å². The molecule has 0 aromatic heterocycles. The van der Waals surface area contributed by atoms with Crippen molar-refractivity contribution in [2.75, 3.05) is 0 Å². The molecule has 20 heavy (non-hydrogen) atoms. The largest absolute Gasteiger partial charge is 3.00 e. The van der Waals surface area contributed by atoms with Crippen LogP contribution in [0.15, 0.2) is 54.6 Å². The van der Waals surface area contributed by atoms with Gasteiger partial charge in [0.25, 0.3) is 0 Å². The number of halogens is 3. The number of aryl methyl sites for hydroxylation is 1. The quantitative estimate of drug-likeness (QED) is 0.468. The molecule has 0 atom stereocenters. The molecule has 0 aliphatic carbocycles. The number of rotatable bonds is 1. The van der Waals surface area contributed by atoms with E-state index in [1.807, 2.05) is 18.2 Å². The van der Waals surface area contributed by atoms with E-state index in [1.54, 1.807) is 0 Å². The molecule has 101 valence electrons. The van der Waals surface area contributed by atoms with Gasteiger partial charge in [-0.2, -0.15) is 6.07 Å². The van der Waals surface area contributed by atoms with E-state index in [4.69, 9.17) is 11.6 Å². The summed E-state index contributed by atoms with van der Waals surface area (Å²) in [5, 5.41) is 3.36. The first-order valence-electron chi connectivity index (χ1n) is 5.67. The van der Waals surface area contributed by atoms with Gasteiger partial charge in [-0.05, 0) is 11.6 Å². The molecule has 0 bridgehead atoms. The summed E-state index contributed by atoms with van der Waals surface area (Å²) in [5.74, 6) is 0. The molecule has 0 saturated carbocycles. The van der Waals surface area contributed by atoms with Crippen molar-refractivity contribution in [3.63, 3.8) is 0 Å². The van der Waals surface area contributed by atoms with Gasteiger partial charge in [-0.15, -0.1) is 34.5 Å². The van der Waals surface area contributed by atoms with Gasteiger partial charge in [0.2, 0.25) is 0 Å². The Kier molecular flexibility index (Phi) is 8.21. The second-order valence-electron chi connectivity index (χ2n) is 4.32. The normalized spacial score (nSPS) is 9.30. The average molecular weight is 402 g/mol. The van der Waals surface area contributed by atoms with Crippen molar-refractivity contribution in [3.8, 4) is 11.1 Å². The number of hydrogen-bond acceptors (Lipinski definition) is 0. The molecule has 1 radical (unpaired) electrons. The predicted octanol–water partition coefficient (Wildman–Crippen LogP) is -0.807. The van der Waals surface area contributed by atoms with Gasteiger partial charge in [-0.3, -0.25) is 0 Å². The molecule has 0 amide bonds. The fourth-order valence-corrected chi connectivity index (χ4v) is 2.54. The summed E-state index contributed by atoms with van der Waals surface area (Å²) >= 11 is 6.27. The van der Waals surface area contributed by atoms with E-state index in [2.05, 4.69) is 43.3 Å². The summed E-state index contributed by atoms with van der Waals surface area (Å²) in [6.45, 7) is 2.12. The van der Waals surface area contributed by atoms with Crippen molar-refractivity contribution in [2.45, 2.75) is 6.92 Å². The monoisotopic (exact) mass is 399 g/mol. The van der Waals surface area contributed by atoms with Crippen LogP contribution in [0, 0.1) is 6.92 Å². The topological polar surface area (TPSA) is 0 Å². The van der Waals surface area contributed by atoms with E-state index in [0.717, 1.165) is 10.6 Å². The molecule has 0 heterocycles. The van der Waals surface area contributed by atoms with Gasteiger partial charge in [-0.1, -0.05) is 48.4 Å². The minimum atomic E-state index is 0. The zero-order chi connectivity index (χ0) is 11.8. The molecule has 0 saturated heterocycles. The van der Waals surface area contributed by atoms with Crippen molar-refractivity contribution in [1.82, 2.24) is 0 Å². The van der Waals surface area contributed by atoms with E-state index in [-0.39, 0.29) is 51.0 Å². The number of fused-ring (bicyclic) bond motifs is 1. The van der Waals surface area contributed by atoms with Crippen LogP contribution in [-0.4, -0.2) is 0 Å². The molecular weight excluding hydrogens is 390 g/mol. The molecule has 0 aliphatic rings. The van der Waals surface area contributed by atoms with Gasteiger partial charge < -0.3 is 24.8 Å². The van der Waals surface area contributed by atoms with Crippen molar-refractivity contribution >= 4 is 22.4 Å². The Morgan fingerprint density at radius 1 is 0.900 bits per heavy atom. The zero-order valence-corrected chi connectivity index (χ0v) is 15.6. The van der Waals surface area contributed by atoms with E-state index in [1.165, 1.54) is 21.9 Å². The van der Waals surface area contributed by atoms with Crippen LogP contribution >= 0.6 is 11.6 Å². The van der Waals surface area contributed by atoms with Gasteiger partial charge in [0.1, 0.15) is 0 Å². The third-order valence-corrected chi connectivity index (χ3v) is 3.39. The Morgan fingerprint density at radius 3 is 2.25 bits per heavy atom. The standard InChI is InChI=1S/C16H12Cl.2ClH.Zr/c1-11-9-12-5-4-7-13(15(12)10-11)14-6-2-3-8-16(14)17;;;/h2-10H,1H3;2*1H;/q-1;;;+3/p-2. The summed E-state index contributed by atoms with van der Waals surface area (Å²) in [7, 11) is 0. The fourth-order valence-electron chi connectivity index (χ4n) is 2.30. The van der Waals surface area contributed by atoms with E-state index < -0.39 is 0 Å². The summed E-state index contributed by atoms with van der Waals surface area (Å²) in [5.41, 5.74) is 3.60. The first kappa shape index (κ1) is 19.8. The smallest absolute Gasteiger partial charge is 1.00 e. The van der Waals surface area contributed by atoms with E-state index in [0.29, 0.717) is 0 Å². The Morgan fingerprint density at radius 2 is 1.55 bits per heavy atom. The maximum atomic E-state index is 6.27. The average Bonchev–Trinajstić information content (AvgIpc) is 2.70. The van der Waals surface area contributed by atoms with Crippen molar-refractivity contribution < 1.29 is 51.0 Å². The molecule has 0 nitrogen and oxygen atoms in total.